The summed E-state index contributed by atoms with van der Waals surface area (Å²) in [7, 11) is 0. The highest BCUT2D eigenvalue weighted by Gasteiger charge is 2.33. The van der Waals surface area contributed by atoms with E-state index >= 15 is 0 Å². The first kappa shape index (κ1) is 12.5. The first-order chi connectivity index (χ1) is 6.73. The molecule has 0 aromatic carbocycles. The first-order valence-corrected chi connectivity index (χ1v) is 6.04. The number of hydrogen-bond donors (Lipinski definition) is 0. The second-order valence-corrected chi connectivity index (χ2v) is 6.50. The zero-order valence-corrected chi connectivity index (χ0v) is 11.2. The molecule has 0 bridgehead atoms. The van der Waals surface area contributed by atoms with Crippen molar-refractivity contribution < 1.29 is 4.58 Å². The minimum absolute atomic E-state index is 0.233. The normalized spacial score (nSPS) is 19.3. The van der Waals surface area contributed by atoms with Gasteiger partial charge < -0.3 is 0 Å². The summed E-state index contributed by atoms with van der Waals surface area (Å²) in [6.45, 7) is 15.0. The standard InChI is InChI=1S/C14H26N/c1-13(2,3)12-10-8-7-9-11-15(12)14(4,5)6/h8,10H,7,9,11H2,1-6H3/q+1. The minimum Gasteiger partial charge on any atom is -0.229 e. The molecule has 0 atom stereocenters. The second-order valence-electron chi connectivity index (χ2n) is 6.50. The summed E-state index contributed by atoms with van der Waals surface area (Å²) < 4.78 is 2.57. The topological polar surface area (TPSA) is 3.01 Å². The molecule has 0 aromatic heterocycles. The van der Waals surface area contributed by atoms with Crippen molar-refractivity contribution in [2.75, 3.05) is 6.54 Å². The molecular formula is C14H26N+. The predicted molar refractivity (Wildman–Crippen MR) is 67.7 cm³/mol. The van der Waals surface area contributed by atoms with E-state index in [4.69, 9.17) is 0 Å². The molecule has 0 saturated heterocycles. The summed E-state index contributed by atoms with van der Waals surface area (Å²) in [5.74, 6) is 0. The van der Waals surface area contributed by atoms with E-state index in [-0.39, 0.29) is 11.0 Å². The molecule has 1 nitrogen and oxygen atoms in total. The van der Waals surface area contributed by atoms with E-state index in [1.807, 2.05) is 0 Å². The molecule has 0 aromatic rings. The van der Waals surface area contributed by atoms with Crippen LogP contribution in [0.1, 0.15) is 54.4 Å². The van der Waals surface area contributed by atoms with E-state index in [1.165, 1.54) is 25.1 Å². The molecule has 0 fully saturated rings. The van der Waals surface area contributed by atoms with Crippen molar-refractivity contribution in [3.8, 4) is 0 Å². The van der Waals surface area contributed by atoms with Gasteiger partial charge in [-0.05, 0) is 27.2 Å². The van der Waals surface area contributed by atoms with Crippen LogP contribution in [0.3, 0.4) is 0 Å². The van der Waals surface area contributed by atoms with Gasteiger partial charge in [0.05, 0.1) is 0 Å². The van der Waals surface area contributed by atoms with Gasteiger partial charge in [-0.3, -0.25) is 0 Å². The highest BCUT2D eigenvalue weighted by Crippen LogP contribution is 2.23. The average molecular weight is 208 g/mol. The van der Waals surface area contributed by atoms with Gasteiger partial charge in [-0.2, -0.15) is 0 Å². The van der Waals surface area contributed by atoms with Crippen LogP contribution in [0.2, 0.25) is 0 Å². The summed E-state index contributed by atoms with van der Waals surface area (Å²) in [6, 6.07) is 0. The molecule has 1 rings (SSSR count). The highest BCUT2D eigenvalue weighted by molar-refractivity contribution is 5.95. The Morgan fingerprint density at radius 3 is 2.13 bits per heavy atom. The molecule has 0 aliphatic carbocycles. The Bertz CT molecular complexity index is 281. The third-order valence-corrected chi connectivity index (χ3v) is 2.90. The molecule has 1 heterocycles. The van der Waals surface area contributed by atoms with Crippen LogP contribution >= 0.6 is 0 Å². The SMILES string of the molecule is CC(C)(C)C1=[N+](C(C)(C)C)CCCC=C1. The zero-order chi connectivity index (χ0) is 11.7. The fourth-order valence-corrected chi connectivity index (χ4v) is 2.12. The minimum atomic E-state index is 0.233. The lowest BCUT2D eigenvalue weighted by molar-refractivity contribution is -0.598. The quantitative estimate of drug-likeness (QED) is 0.535. The Morgan fingerprint density at radius 2 is 1.67 bits per heavy atom. The van der Waals surface area contributed by atoms with E-state index in [0.717, 1.165) is 0 Å². The smallest absolute Gasteiger partial charge is 0.181 e. The van der Waals surface area contributed by atoms with Crippen molar-refractivity contribution in [3.05, 3.63) is 12.2 Å². The van der Waals surface area contributed by atoms with Crippen LogP contribution in [-0.2, 0) is 0 Å². The molecule has 0 N–H and O–H groups in total. The van der Waals surface area contributed by atoms with Gasteiger partial charge in [0.1, 0.15) is 6.54 Å². The summed E-state index contributed by atoms with van der Waals surface area (Å²) in [5.41, 5.74) is 1.96. The van der Waals surface area contributed by atoms with Crippen LogP contribution in [0.5, 0.6) is 0 Å². The van der Waals surface area contributed by atoms with Gasteiger partial charge in [0.25, 0.3) is 0 Å². The maximum atomic E-state index is 2.57. The summed E-state index contributed by atoms with van der Waals surface area (Å²) in [5, 5.41) is 0. The third-order valence-electron chi connectivity index (χ3n) is 2.90. The Hall–Kier alpha value is -0.590. The largest absolute Gasteiger partial charge is 0.229 e. The summed E-state index contributed by atoms with van der Waals surface area (Å²) in [6.07, 6.45) is 7.14. The molecule has 86 valence electrons. The van der Waals surface area contributed by atoms with Crippen molar-refractivity contribution in [1.29, 1.82) is 0 Å². The van der Waals surface area contributed by atoms with Gasteiger partial charge in [0.2, 0.25) is 0 Å². The first-order valence-electron chi connectivity index (χ1n) is 6.04. The van der Waals surface area contributed by atoms with Crippen molar-refractivity contribution in [2.24, 2.45) is 5.41 Å². The van der Waals surface area contributed by atoms with E-state index in [1.54, 1.807) is 0 Å². The fourth-order valence-electron chi connectivity index (χ4n) is 2.12. The Morgan fingerprint density at radius 1 is 1.07 bits per heavy atom. The molecule has 1 aliphatic rings. The van der Waals surface area contributed by atoms with Gasteiger partial charge in [0, 0.05) is 17.9 Å². The lowest BCUT2D eigenvalue weighted by Crippen LogP contribution is -2.41. The fraction of sp³-hybridized carbons (Fsp3) is 0.786. The van der Waals surface area contributed by atoms with Crippen molar-refractivity contribution in [3.63, 3.8) is 0 Å². The average Bonchev–Trinajstić information content (AvgIpc) is 2.24. The monoisotopic (exact) mass is 208 g/mol. The van der Waals surface area contributed by atoms with Gasteiger partial charge >= 0.3 is 0 Å². The van der Waals surface area contributed by atoms with Gasteiger partial charge in [-0.25, -0.2) is 4.58 Å². The van der Waals surface area contributed by atoms with Crippen molar-refractivity contribution in [1.82, 2.24) is 0 Å². The molecule has 1 aliphatic heterocycles. The van der Waals surface area contributed by atoms with Crippen molar-refractivity contribution >= 4 is 5.71 Å². The number of allylic oxidation sites excluding steroid dienone is 2. The predicted octanol–water partition coefficient (Wildman–Crippen LogP) is 3.63. The highest BCUT2D eigenvalue weighted by atomic mass is 15.1. The molecule has 0 spiro atoms. The molecule has 0 radical (unpaired) electrons. The van der Waals surface area contributed by atoms with Crippen LogP contribution < -0.4 is 0 Å². The van der Waals surface area contributed by atoms with E-state index < -0.39 is 0 Å². The van der Waals surface area contributed by atoms with Gasteiger partial charge in [-0.15, -0.1) is 0 Å². The van der Waals surface area contributed by atoms with Crippen LogP contribution in [0, 0.1) is 5.41 Å². The zero-order valence-electron chi connectivity index (χ0n) is 11.2. The van der Waals surface area contributed by atoms with Crippen LogP contribution in [0.4, 0.5) is 0 Å². The number of nitrogens with zero attached hydrogens (tertiary/aromatic N) is 1. The lowest BCUT2D eigenvalue weighted by atomic mass is 9.88. The maximum absolute atomic E-state index is 2.57. The van der Waals surface area contributed by atoms with Crippen molar-refractivity contribution in [2.45, 2.75) is 59.9 Å². The molecule has 1 heteroatoms. The van der Waals surface area contributed by atoms with E-state index in [0.29, 0.717) is 0 Å². The summed E-state index contributed by atoms with van der Waals surface area (Å²) >= 11 is 0. The number of rotatable bonds is 0. The van der Waals surface area contributed by atoms with Crippen LogP contribution in [0.15, 0.2) is 12.2 Å². The van der Waals surface area contributed by atoms with E-state index in [2.05, 4.69) is 58.3 Å². The van der Waals surface area contributed by atoms with Gasteiger partial charge in [0.15, 0.2) is 11.3 Å². The van der Waals surface area contributed by atoms with Crippen LogP contribution in [-0.4, -0.2) is 22.4 Å². The lowest BCUT2D eigenvalue weighted by Gasteiger charge is -2.25. The molecule has 0 amide bonds. The van der Waals surface area contributed by atoms with Crippen LogP contribution in [0.25, 0.3) is 0 Å². The Kier molecular flexibility index (Phi) is 3.42. The maximum Gasteiger partial charge on any atom is 0.181 e. The molecule has 0 unspecified atom stereocenters. The second kappa shape index (κ2) is 4.11. The third kappa shape index (κ3) is 3.19. The summed E-state index contributed by atoms with van der Waals surface area (Å²) in [4.78, 5) is 0. The van der Waals surface area contributed by atoms with E-state index in [9.17, 15) is 0 Å². The Labute approximate surface area is 94.9 Å². The molecular weight excluding hydrogens is 182 g/mol. The molecule has 15 heavy (non-hydrogen) atoms. The molecule has 0 saturated carbocycles. The van der Waals surface area contributed by atoms with Gasteiger partial charge in [-0.1, -0.05) is 26.8 Å². The number of hydrogen-bond acceptors (Lipinski definition) is 0. The Balaban J connectivity index is 3.22.